The lowest BCUT2D eigenvalue weighted by atomic mass is 10.2. The van der Waals surface area contributed by atoms with Crippen LogP contribution < -0.4 is 0 Å². The number of thioether (sulfide) groups is 1. The van der Waals surface area contributed by atoms with Crippen LogP contribution >= 0.6 is 11.8 Å². The van der Waals surface area contributed by atoms with Crippen LogP contribution in [0.25, 0.3) is 0 Å². The third-order valence-electron chi connectivity index (χ3n) is 3.05. The van der Waals surface area contributed by atoms with Gasteiger partial charge in [0.05, 0.1) is 12.5 Å². The first-order valence-electron chi connectivity index (χ1n) is 7.11. The summed E-state index contributed by atoms with van der Waals surface area (Å²) >= 11 is 2.07. The summed E-state index contributed by atoms with van der Waals surface area (Å²) in [5, 5.41) is 0. The molecule has 0 N–H and O–H groups in total. The molecule has 0 aromatic carbocycles. The Kier molecular flexibility index (Phi) is 8.41. The van der Waals surface area contributed by atoms with E-state index in [0.717, 1.165) is 12.5 Å². The van der Waals surface area contributed by atoms with E-state index in [1.54, 1.807) is 0 Å². The fraction of sp³-hybridized carbons (Fsp3) is 0.857. The second-order valence-electron chi connectivity index (χ2n) is 4.79. The number of nitrogens with zero attached hydrogens (tertiary/aromatic N) is 2. The third kappa shape index (κ3) is 6.87. The minimum Gasteiger partial charge on any atom is -0.359 e. The molecule has 0 saturated carbocycles. The van der Waals surface area contributed by atoms with Crippen LogP contribution in [0.1, 0.15) is 52.4 Å². The van der Waals surface area contributed by atoms with Crippen molar-refractivity contribution in [2.24, 2.45) is 0 Å². The quantitative estimate of drug-likeness (QED) is 0.543. The summed E-state index contributed by atoms with van der Waals surface area (Å²) in [6, 6.07) is 0. The van der Waals surface area contributed by atoms with E-state index >= 15 is 0 Å². The highest BCUT2D eigenvalue weighted by molar-refractivity contribution is 7.99. The number of hydrogen-bond acceptors (Lipinski definition) is 3. The predicted molar refractivity (Wildman–Crippen MR) is 78.9 cm³/mol. The maximum atomic E-state index is 2.42. The molecule has 0 aliphatic carbocycles. The van der Waals surface area contributed by atoms with Crippen LogP contribution in [0.15, 0.2) is 12.4 Å². The van der Waals surface area contributed by atoms with Crippen LogP contribution in [0.4, 0.5) is 0 Å². The molecule has 0 amide bonds. The van der Waals surface area contributed by atoms with E-state index in [9.17, 15) is 0 Å². The Morgan fingerprint density at radius 3 is 2.47 bits per heavy atom. The highest BCUT2D eigenvalue weighted by Gasteiger charge is 2.10. The second kappa shape index (κ2) is 9.69. The van der Waals surface area contributed by atoms with Crippen LogP contribution in [0, 0.1) is 0 Å². The first kappa shape index (κ1) is 14.7. The third-order valence-corrected chi connectivity index (χ3v) is 4.14. The van der Waals surface area contributed by atoms with Gasteiger partial charge in [-0.25, -0.2) is 0 Å². The molecular formula is C14H28N2S. The van der Waals surface area contributed by atoms with E-state index < -0.39 is 0 Å². The average molecular weight is 256 g/mol. The first-order valence-corrected chi connectivity index (χ1v) is 8.26. The summed E-state index contributed by atoms with van der Waals surface area (Å²) in [6.45, 7) is 6.84. The Morgan fingerprint density at radius 2 is 1.71 bits per heavy atom. The molecule has 100 valence electrons. The fourth-order valence-corrected chi connectivity index (χ4v) is 2.86. The van der Waals surface area contributed by atoms with Crippen molar-refractivity contribution in [2.75, 3.05) is 24.8 Å². The average Bonchev–Trinajstić information content (AvgIpc) is 2.79. The monoisotopic (exact) mass is 256 g/mol. The lowest BCUT2D eigenvalue weighted by Gasteiger charge is -2.20. The maximum absolute atomic E-state index is 2.42. The number of rotatable bonds is 10. The van der Waals surface area contributed by atoms with Crippen molar-refractivity contribution >= 4 is 11.8 Å². The van der Waals surface area contributed by atoms with Crippen molar-refractivity contribution in [3.63, 3.8) is 0 Å². The lowest BCUT2D eigenvalue weighted by Crippen LogP contribution is -2.25. The highest BCUT2D eigenvalue weighted by atomic mass is 32.2. The molecule has 0 aromatic heterocycles. The second-order valence-corrected chi connectivity index (χ2v) is 5.87. The van der Waals surface area contributed by atoms with Gasteiger partial charge in [-0.05, 0) is 18.6 Å². The standard InChI is InChI=1S/C14H28N2S/c1-3-5-7-8-12-17-14-16-11-10-15(13-16)9-6-4-2/h10-11H,3-9,12-14H2,1-2H3. The molecule has 0 bridgehead atoms. The van der Waals surface area contributed by atoms with Crippen LogP contribution in [-0.4, -0.2) is 34.6 Å². The molecule has 1 aliphatic rings. The largest absolute Gasteiger partial charge is 0.359 e. The molecule has 17 heavy (non-hydrogen) atoms. The normalized spacial score (nSPS) is 14.9. The van der Waals surface area contributed by atoms with Crippen LogP contribution in [0.5, 0.6) is 0 Å². The zero-order chi connectivity index (χ0) is 12.3. The van der Waals surface area contributed by atoms with Gasteiger partial charge in [-0.3, -0.25) is 0 Å². The van der Waals surface area contributed by atoms with Gasteiger partial charge in [0.25, 0.3) is 0 Å². The molecule has 3 heteroatoms. The Hall–Kier alpha value is -0.310. The van der Waals surface area contributed by atoms with E-state index in [1.807, 2.05) is 0 Å². The maximum Gasteiger partial charge on any atom is 0.0901 e. The van der Waals surface area contributed by atoms with Crippen LogP contribution in [0.3, 0.4) is 0 Å². The zero-order valence-electron chi connectivity index (χ0n) is 11.5. The van der Waals surface area contributed by atoms with E-state index in [-0.39, 0.29) is 0 Å². The highest BCUT2D eigenvalue weighted by Crippen LogP contribution is 2.14. The molecule has 2 nitrogen and oxygen atoms in total. The topological polar surface area (TPSA) is 6.48 Å². The molecule has 0 fully saturated rings. The zero-order valence-corrected chi connectivity index (χ0v) is 12.3. The van der Waals surface area contributed by atoms with E-state index in [0.29, 0.717) is 0 Å². The molecule has 1 aliphatic heterocycles. The van der Waals surface area contributed by atoms with Gasteiger partial charge in [0.1, 0.15) is 0 Å². The van der Waals surface area contributed by atoms with Gasteiger partial charge in [0, 0.05) is 18.9 Å². The Morgan fingerprint density at radius 1 is 0.941 bits per heavy atom. The summed E-state index contributed by atoms with van der Waals surface area (Å²) in [4.78, 5) is 4.83. The van der Waals surface area contributed by atoms with E-state index in [4.69, 9.17) is 0 Å². The lowest BCUT2D eigenvalue weighted by molar-refractivity contribution is 0.287. The molecule has 0 spiro atoms. The predicted octanol–water partition coefficient (Wildman–Crippen LogP) is 4.10. The molecule has 0 unspecified atom stereocenters. The Balaban J connectivity index is 1.93. The SMILES string of the molecule is CCCCCCSCN1C=CN(CCCC)C1. The summed E-state index contributed by atoms with van der Waals surface area (Å²) < 4.78 is 0. The molecule has 1 rings (SSSR count). The first-order chi connectivity index (χ1) is 8.36. The van der Waals surface area contributed by atoms with Gasteiger partial charge in [-0.2, -0.15) is 0 Å². The summed E-state index contributed by atoms with van der Waals surface area (Å²) in [6.07, 6.45) is 12.6. The fourth-order valence-electron chi connectivity index (χ4n) is 1.92. The summed E-state index contributed by atoms with van der Waals surface area (Å²) in [5.41, 5.74) is 0. The Labute approximate surface area is 111 Å². The molecular weight excluding hydrogens is 228 g/mol. The van der Waals surface area contributed by atoms with Gasteiger partial charge in [-0.15, -0.1) is 11.8 Å². The smallest absolute Gasteiger partial charge is 0.0901 e. The van der Waals surface area contributed by atoms with Crippen LogP contribution in [-0.2, 0) is 0 Å². The summed E-state index contributed by atoms with van der Waals surface area (Å²) in [7, 11) is 0. The number of unbranched alkanes of at least 4 members (excludes halogenated alkanes) is 4. The van der Waals surface area contributed by atoms with Crippen molar-refractivity contribution < 1.29 is 0 Å². The van der Waals surface area contributed by atoms with Crippen molar-refractivity contribution in [1.82, 2.24) is 9.80 Å². The van der Waals surface area contributed by atoms with Crippen LogP contribution in [0.2, 0.25) is 0 Å². The van der Waals surface area contributed by atoms with Gasteiger partial charge >= 0.3 is 0 Å². The van der Waals surface area contributed by atoms with Gasteiger partial charge < -0.3 is 9.80 Å². The molecule has 0 saturated heterocycles. The van der Waals surface area contributed by atoms with Gasteiger partial charge in [0.2, 0.25) is 0 Å². The minimum atomic E-state index is 1.10. The van der Waals surface area contributed by atoms with Crippen molar-refractivity contribution in [3.8, 4) is 0 Å². The minimum absolute atomic E-state index is 1.10. The molecule has 0 radical (unpaired) electrons. The van der Waals surface area contributed by atoms with Gasteiger partial charge in [-0.1, -0.05) is 39.5 Å². The van der Waals surface area contributed by atoms with Gasteiger partial charge in [0.15, 0.2) is 0 Å². The van der Waals surface area contributed by atoms with E-state index in [1.165, 1.54) is 50.8 Å². The molecule has 0 atom stereocenters. The molecule has 1 heterocycles. The molecule has 0 aromatic rings. The van der Waals surface area contributed by atoms with Crippen molar-refractivity contribution in [3.05, 3.63) is 12.4 Å². The van der Waals surface area contributed by atoms with E-state index in [2.05, 4.69) is 47.8 Å². The summed E-state index contributed by atoms with van der Waals surface area (Å²) in [5.74, 6) is 2.48. The van der Waals surface area contributed by atoms with Crippen molar-refractivity contribution in [2.45, 2.75) is 52.4 Å². The number of hydrogen-bond donors (Lipinski definition) is 0. The Bertz CT molecular complexity index is 206. The van der Waals surface area contributed by atoms with Crippen molar-refractivity contribution in [1.29, 1.82) is 0 Å².